The van der Waals surface area contributed by atoms with Crippen LogP contribution in [0.3, 0.4) is 0 Å². The summed E-state index contributed by atoms with van der Waals surface area (Å²) >= 11 is 0. The van der Waals surface area contributed by atoms with Crippen molar-refractivity contribution in [2.24, 2.45) is 0 Å². The lowest BCUT2D eigenvalue weighted by molar-refractivity contribution is -0.140. The largest absolute Gasteiger partial charge is 0.497 e. The van der Waals surface area contributed by atoms with E-state index in [4.69, 9.17) is 14.2 Å². The van der Waals surface area contributed by atoms with Gasteiger partial charge in [-0.3, -0.25) is 4.79 Å². The standard InChI is InChI=1S/C24H28O5/c1-16(23(26)17-7-10-19(11-8-17)24(2,3)4)29-22(25)14-9-18-15-20(27-5)12-13-21(18)28-6/h7-16H,1-6H3/b14-9+/t16-/m1/s1. The van der Waals surface area contributed by atoms with E-state index in [1.54, 1.807) is 57.6 Å². The SMILES string of the molecule is COc1ccc(OC)c(/C=C/C(=O)O[C@H](C)C(=O)c2ccc(C(C)(C)C)cc2)c1. The van der Waals surface area contributed by atoms with Crippen LogP contribution >= 0.6 is 0 Å². The van der Waals surface area contributed by atoms with E-state index in [9.17, 15) is 9.59 Å². The van der Waals surface area contributed by atoms with Gasteiger partial charge >= 0.3 is 5.97 Å². The average Bonchev–Trinajstić information content (AvgIpc) is 2.70. The van der Waals surface area contributed by atoms with Crippen molar-refractivity contribution < 1.29 is 23.8 Å². The molecule has 0 aromatic heterocycles. The molecule has 0 bridgehead atoms. The Labute approximate surface area is 172 Å². The van der Waals surface area contributed by atoms with Gasteiger partial charge in [0, 0.05) is 17.2 Å². The zero-order chi connectivity index (χ0) is 21.6. The maximum Gasteiger partial charge on any atom is 0.331 e. The molecule has 2 aromatic carbocycles. The fourth-order valence-electron chi connectivity index (χ4n) is 2.76. The molecule has 154 valence electrons. The van der Waals surface area contributed by atoms with Crippen LogP contribution in [0.4, 0.5) is 0 Å². The minimum Gasteiger partial charge on any atom is -0.497 e. The van der Waals surface area contributed by atoms with E-state index >= 15 is 0 Å². The van der Waals surface area contributed by atoms with Crippen LogP contribution in [0, 0.1) is 0 Å². The first-order chi connectivity index (χ1) is 13.7. The van der Waals surface area contributed by atoms with Gasteiger partial charge in [0.05, 0.1) is 14.2 Å². The lowest BCUT2D eigenvalue weighted by Gasteiger charge is -2.19. The highest BCUT2D eigenvalue weighted by Crippen LogP contribution is 2.25. The summed E-state index contributed by atoms with van der Waals surface area (Å²) in [5.74, 6) is 0.382. The molecule has 5 heteroatoms. The van der Waals surface area contributed by atoms with Crippen molar-refractivity contribution in [2.45, 2.75) is 39.2 Å². The normalized spacial score (nSPS) is 12.5. The van der Waals surface area contributed by atoms with Gasteiger partial charge in [0.1, 0.15) is 11.5 Å². The molecule has 0 N–H and O–H groups in total. The van der Waals surface area contributed by atoms with Crippen LogP contribution in [-0.4, -0.2) is 32.1 Å². The van der Waals surface area contributed by atoms with E-state index in [-0.39, 0.29) is 11.2 Å². The third kappa shape index (κ3) is 5.95. The number of benzene rings is 2. The third-order valence-corrected chi connectivity index (χ3v) is 4.53. The van der Waals surface area contributed by atoms with Crippen molar-refractivity contribution >= 4 is 17.8 Å². The molecular weight excluding hydrogens is 368 g/mol. The molecule has 2 aromatic rings. The Morgan fingerprint density at radius 1 is 0.966 bits per heavy atom. The first-order valence-electron chi connectivity index (χ1n) is 9.41. The predicted molar refractivity (Wildman–Crippen MR) is 114 cm³/mol. The summed E-state index contributed by atoms with van der Waals surface area (Å²) in [6.07, 6.45) is 1.95. The molecule has 0 aliphatic rings. The van der Waals surface area contributed by atoms with Gasteiger partial charge in [0.15, 0.2) is 6.10 Å². The average molecular weight is 396 g/mol. The van der Waals surface area contributed by atoms with Crippen LogP contribution in [0.25, 0.3) is 6.08 Å². The number of carbonyl (C=O) groups is 2. The Bertz CT molecular complexity index is 888. The summed E-state index contributed by atoms with van der Waals surface area (Å²) < 4.78 is 15.7. The van der Waals surface area contributed by atoms with E-state index in [1.807, 2.05) is 12.1 Å². The Kier molecular flexibility index (Phi) is 7.21. The zero-order valence-electron chi connectivity index (χ0n) is 17.8. The number of rotatable bonds is 7. The number of methoxy groups -OCH3 is 2. The van der Waals surface area contributed by atoms with E-state index in [0.717, 1.165) is 5.56 Å². The van der Waals surface area contributed by atoms with Crippen LogP contribution in [0.1, 0.15) is 49.2 Å². The summed E-state index contributed by atoms with van der Waals surface area (Å²) in [6, 6.07) is 12.6. The second kappa shape index (κ2) is 9.41. The molecule has 0 aliphatic carbocycles. The molecule has 1 atom stereocenters. The highest BCUT2D eigenvalue weighted by atomic mass is 16.5. The highest BCUT2D eigenvalue weighted by Gasteiger charge is 2.20. The molecule has 0 saturated heterocycles. The third-order valence-electron chi connectivity index (χ3n) is 4.53. The van der Waals surface area contributed by atoms with Crippen molar-refractivity contribution in [3.63, 3.8) is 0 Å². The number of hydrogen-bond acceptors (Lipinski definition) is 5. The minimum absolute atomic E-state index is 0.00559. The minimum atomic E-state index is -0.889. The molecule has 0 saturated carbocycles. The van der Waals surface area contributed by atoms with Crippen molar-refractivity contribution in [3.8, 4) is 11.5 Å². The second-order valence-corrected chi connectivity index (χ2v) is 7.71. The second-order valence-electron chi connectivity index (χ2n) is 7.71. The molecule has 29 heavy (non-hydrogen) atoms. The van der Waals surface area contributed by atoms with Crippen LogP contribution in [-0.2, 0) is 14.9 Å². The van der Waals surface area contributed by atoms with Gasteiger partial charge in [0.25, 0.3) is 0 Å². The molecule has 0 unspecified atom stereocenters. The Morgan fingerprint density at radius 2 is 1.62 bits per heavy atom. The molecule has 2 rings (SSSR count). The molecule has 0 aliphatic heterocycles. The van der Waals surface area contributed by atoms with Gasteiger partial charge < -0.3 is 14.2 Å². The number of esters is 1. The molecule has 0 fully saturated rings. The van der Waals surface area contributed by atoms with Crippen molar-refractivity contribution in [1.29, 1.82) is 0 Å². The van der Waals surface area contributed by atoms with E-state index in [2.05, 4.69) is 20.8 Å². The maximum absolute atomic E-state index is 12.6. The Hall–Kier alpha value is -3.08. The fraction of sp³-hybridized carbons (Fsp3) is 0.333. The first kappa shape index (κ1) is 22.2. The molecule has 0 amide bonds. The summed E-state index contributed by atoms with van der Waals surface area (Å²) in [5, 5.41) is 0. The van der Waals surface area contributed by atoms with Gasteiger partial charge in [-0.15, -0.1) is 0 Å². The Morgan fingerprint density at radius 3 is 2.17 bits per heavy atom. The van der Waals surface area contributed by atoms with Gasteiger partial charge in [-0.2, -0.15) is 0 Å². The number of hydrogen-bond donors (Lipinski definition) is 0. The van der Waals surface area contributed by atoms with Crippen LogP contribution in [0.15, 0.2) is 48.5 Å². The summed E-state index contributed by atoms with van der Waals surface area (Å²) in [7, 11) is 3.11. The van der Waals surface area contributed by atoms with E-state index < -0.39 is 12.1 Å². The quantitative estimate of drug-likeness (QED) is 0.381. The van der Waals surface area contributed by atoms with Crippen LogP contribution < -0.4 is 9.47 Å². The molecular formula is C24H28O5. The molecule has 0 radical (unpaired) electrons. The molecule has 0 heterocycles. The number of Topliss-reactive ketones (excluding diaryl/α,β-unsaturated/α-hetero) is 1. The molecule has 5 nitrogen and oxygen atoms in total. The van der Waals surface area contributed by atoms with E-state index in [1.165, 1.54) is 6.08 Å². The van der Waals surface area contributed by atoms with Crippen molar-refractivity contribution in [2.75, 3.05) is 14.2 Å². The summed E-state index contributed by atoms with van der Waals surface area (Å²) in [4.78, 5) is 24.7. The van der Waals surface area contributed by atoms with E-state index in [0.29, 0.717) is 22.6 Å². The molecule has 0 spiro atoms. The number of carbonyl (C=O) groups excluding carboxylic acids is 2. The maximum atomic E-state index is 12.6. The predicted octanol–water partition coefficient (Wildman–Crippen LogP) is 4.83. The highest BCUT2D eigenvalue weighted by molar-refractivity contribution is 6.01. The van der Waals surface area contributed by atoms with Crippen molar-refractivity contribution in [1.82, 2.24) is 0 Å². The lowest BCUT2D eigenvalue weighted by Crippen LogP contribution is -2.23. The lowest BCUT2D eigenvalue weighted by atomic mass is 9.86. The smallest absolute Gasteiger partial charge is 0.331 e. The first-order valence-corrected chi connectivity index (χ1v) is 9.41. The summed E-state index contributed by atoms with van der Waals surface area (Å²) in [6.45, 7) is 7.89. The Balaban J connectivity index is 2.05. The van der Waals surface area contributed by atoms with Crippen LogP contribution in [0.2, 0.25) is 0 Å². The van der Waals surface area contributed by atoms with Gasteiger partial charge in [-0.1, -0.05) is 45.0 Å². The van der Waals surface area contributed by atoms with Crippen LogP contribution in [0.5, 0.6) is 11.5 Å². The van der Waals surface area contributed by atoms with Gasteiger partial charge in [-0.05, 0) is 42.2 Å². The van der Waals surface area contributed by atoms with Gasteiger partial charge in [0.2, 0.25) is 5.78 Å². The monoisotopic (exact) mass is 396 g/mol. The zero-order valence-corrected chi connectivity index (χ0v) is 17.8. The number of ketones is 1. The fourth-order valence-corrected chi connectivity index (χ4v) is 2.76. The van der Waals surface area contributed by atoms with Gasteiger partial charge in [-0.25, -0.2) is 4.79 Å². The topological polar surface area (TPSA) is 61.8 Å². The summed E-state index contributed by atoms with van der Waals surface area (Å²) in [5.41, 5.74) is 2.32. The van der Waals surface area contributed by atoms with Crippen molar-refractivity contribution in [3.05, 3.63) is 65.2 Å². The number of ether oxygens (including phenoxy) is 3.